The lowest BCUT2D eigenvalue weighted by atomic mass is 9.89. The second kappa shape index (κ2) is 7.75. The van der Waals surface area contributed by atoms with Crippen LogP contribution in [-0.2, 0) is 4.74 Å². The predicted octanol–water partition coefficient (Wildman–Crippen LogP) is 4.11. The van der Waals surface area contributed by atoms with E-state index in [1.54, 1.807) is 19.2 Å². The van der Waals surface area contributed by atoms with E-state index in [0.29, 0.717) is 12.0 Å². The smallest absolute Gasteiger partial charge is 0.123 e. The van der Waals surface area contributed by atoms with Crippen LogP contribution in [0, 0.1) is 5.82 Å². The van der Waals surface area contributed by atoms with Gasteiger partial charge in [0, 0.05) is 19.7 Å². The first-order valence-electron chi connectivity index (χ1n) is 7.38. The molecule has 1 unspecified atom stereocenters. The number of ether oxygens (including phenoxy) is 1. The minimum absolute atomic E-state index is 0.136. The van der Waals surface area contributed by atoms with E-state index >= 15 is 0 Å². The Morgan fingerprint density at radius 1 is 1.30 bits per heavy atom. The Balaban J connectivity index is 2.74. The van der Waals surface area contributed by atoms with Gasteiger partial charge in [0.05, 0.1) is 5.60 Å². The summed E-state index contributed by atoms with van der Waals surface area (Å²) in [6, 6.07) is 7.37. The Labute approximate surface area is 122 Å². The summed E-state index contributed by atoms with van der Waals surface area (Å²) in [7, 11) is 1.74. The fourth-order valence-electron chi connectivity index (χ4n) is 2.15. The molecule has 3 heteroatoms. The highest BCUT2D eigenvalue weighted by Crippen LogP contribution is 2.26. The zero-order valence-electron chi connectivity index (χ0n) is 13.4. The molecule has 1 N–H and O–H groups in total. The largest absolute Gasteiger partial charge is 0.379 e. The van der Waals surface area contributed by atoms with Crippen LogP contribution in [0.3, 0.4) is 0 Å². The van der Waals surface area contributed by atoms with Crippen LogP contribution in [0.25, 0.3) is 0 Å². The molecule has 1 aromatic carbocycles. The fourth-order valence-corrected chi connectivity index (χ4v) is 2.15. The van der Waals surface area contributed by atoms with Gasteiger partial charge in [-0.3, -0.25) is 0 Å². The number of halogens is 1. The molecule has 2 nitrogen and oxygen atoms in total. The molecular formula is C17H28FNO. The van der Waals surface area contributed by atoms with Gasteiger partial charge in [-0.1, -0.05) is 26.0 Å². The summed E-state index contributed by atoms with van der Waals surface area (Å²) in [5.41, 5.74) is 0.925. The molecule has 1 atom stereocenters. The van der Waals surface area contributed by atoms with Gasteiger partial charge in [-0.05, 0) is 50.3 Å². The van der Waals surface area contributed by atoms with E-state index in [2.05, 4.69) is 33.0 Å². The zero-order valence-corrected chi connectivity index (χ0v) is 13.4. The highest BCUT2D eigenvalue weighted by molar-refractivity contribution is 5.21. The van der Waals surface area contributed by atoms with Crippen molar-refractivity contribution in [1.82, 2.24) is 5.32 Å². The number of rotatable bonds is 8. The van der Waals surface area contributed by atoms with E-state index in [-0.39, 0.29) is 11.4 Å². The third kappa shape index (κ3) is 6.02. The first kappa shape index (κ1) is 17.1. The van der Waals surface area contributed by atoms with Gasteiger partial charge in [0.25, 0.3) is 0 Å². The monoisotopic (exact) mass is 281 g/mol. The van der Waals surface area contributed by atoms with Crippen molar-refractivity contribution < 1.29 is 9.13 Å². The molecule has 0 spiro atoms. The Morgan fingerprint density at radius 3 is 2.55 bits per heavy atom. The van der Waals surface area contributed by atoms with Crippen molar-refractivity contribution in [1.29, 1.82) is 0 Å². The number of hydrogen-bond donors (Lipinski definition) is 1. The third-order valence-corrected chi connectivity index (χ3v) is 3.74. The van der Waals surface area contributed by atoms with Crippen LogP contribution in [0.1, 0.15) is 52.0 Å². The molecule has 0 fully saturated rings. The van der Waals surface area contributed by atoms with Crippen molar-refractivity contribution in [3.05, 3.63) is 35.6 Å². The second-order valence-electron chi connectivity index (χ2n) is 6.32. The van der Waals surface area contributed by atoms with Gasteiger partial charge in [-0.2, -0.15) is 0 Å². The van der Waals surface area contributed by atoms with E-state index in [1.165, 1.54) is 6.07 Å². The van der Waals surface area contributed by atoms with Crippen LogP contribution in [0.4, 0.5) is 4.39 Å². The maximum atomic E-state index is 13.4. The normalized spacial score (nSPS) is 13.8. The van der Waals surface area contributed by atoms with Crippen molar-refractivity contribution in [2.75, 3.05) is 13.7 Å². The van der Waals surface area contributed by atoms with Crippen LogP contribution in [0.15, 0.2) is 24.3 Å². The summed E-state index contributed by atoms with van der Waals surface area (Å²) < 4.78 is 18.9. The molecule has 20 heavy (non-hydrogen) atoms. The Hall–Kier alpha value is -0.930. The Bertz CT molecular complexity index is 404. The van der Waals surface area contributed by atoms with Crippen LogP contribution in [0.5, 0.6) is 0 Å². The molecule has 1 aromatic rings. The molecule has 0 aliphatic carbocycles. The summed E-state index contributed by atoms with van der Waals surface area (Å²) >= 11 is 0. The lowest BCUT2D eigenvalue weighted by Gasteiger charge is -2.27. The maximum absolute atomic E-state index is 13.4. The van der Waals surface area contributed by atoms with E-state index in [4.69, 9.17) is 4.74 Å². The van der Waals surface area contributed by atoms with Crippen molar-refractivity contribution in [3.8, 4) is 0 Å². The zero-order chi connectivity index (χ0) is 15.2. The molecule has 1 rings (SSSR count). The average Bonchev–Trinajstić information content (AvgIpc) is 2.38. The van der Waals surface area contributed by atoms with Gasteiger partial charge in [-0.15, -0.1) is 0 Å². The molecule has 0 saturated carbocycles. The van der Waals surface area contributed by atoms with E-state index < -0.39 is 0 Å². The van der Waals surface area contributed by atoms with Gasteiger partial charge < -0.3 is 10.1 Å². The van der Waals surface area contributed by atoms with Gasteiger partial charge in [0.1, 0.15) is 5.82 Å². The molecule has 0 aliphatic heterocycles. The van der Waals surface area contributed by atoms with E-state index in [0.717, 1.165) is 24.9 Å². The lowest BCUT2D eigenvalue weighted by molar-refractivity contribution is 0.0123. The molecule has 0 aliphatic rings. The summed E-state index contributed by atoms with van der Waals surface area (Å²) in [5.74, 6) is 0.144. The quantitative estimate of drug-likeness (QED) is 0.774. The topological polar surface area (TPSA) is 21.3 Å². The first-order valence-corrected chi connectivity index (χ1v) is 7.38. The van der Waals surface area contributed by atoms with Crippen LogP contribution < -0.4 is 5.32 Å². The van der Waals surface area contributed by atoms with Crippen molar-refractivity contribution >= 4 is 0 Å². The minimum Gasteiger partial charge on any atom is -0.379 e. The minimum atomic E-state index is -0.164. The summed E-state index contributed by atoms with van der Waals surface area (Å²) in [6.07, 6.45) is 1.93. The van der Waals surface area contributed by atoms with Gasteiger partial charge >= 0.3 is 0 Å². The van der Waals surface area contributed by atoms with E-state index in [1.807, 2.05) is 6.07 Å². The molecule has 0 bridgehead atoms. The Kier molecular flexibility index (Phi) is 6.63. The highest BCUT2D eigenvalue weighted by atomic mass is 19.1. The van der Waals surface area contributed by atoms with Gasteiger partial charge in [0.2, 0.25) is 0 Å². The summed E-state index contributed by atoms with van der Waals surface area (Å²) in [5, 5.41) is 3.45. The molecule has 0 radical (unpaired) electrons. The molecule has 0 amide bonds. The first-order chi connectivity index (χ1) is 9.34. The maximum Gasteiger partial charge on any atom is 0.123 e. The third-order valence-electron chi connectivity index (χ3n) is 3.74. The van der Waals surface area contributed by atoms with Gasteiger partial charge in [0.15, 0.2) is 0 Å². The van der Waals surface area contributed by atoms with Gasteiger partial charge in [-0.25, -0.2) is 4.39 Å². The number of methoxy groups -OCH3 is 1. The second-order valence-corrected chi connectivity index (χ2v) is 6.32. The van der Waals surface area contributed by atoms with E-state index in [9.17, 15) is 4.39 Å². The lowest BCUT2D eigenvalue weighted by Crippen LogP contribution is -2.30. The number of nitrogens with one attached hydrogen (secondary N) is 1. The summed E-state index contributed by atoms with van der Waals surface area (Å²) in [6.45, 7) is 9.29. The van der Waals surface area contributed by atoms with Crippen molar-refractivity contribution in [2.45, 2.75) is 58.1 Å². The predicted molar refractivity (Wildman–Crippen MR) is 82.6 cm³/mol. The number of hydrogen-bond acceptors (Lipinski definition) is 2. The van der Waals surface area contributed by atoms with Crippen molar-refractivity contribution in [3.63, 3.8) is 0 Å². The fraction of sp³-hybridized carbons (Fsp3) is 0.647. The Morgan fingerprint density at radius 2 is 2.00 bits per heavy atom. The molecule has 0 aromatic heterocycles. The standard InChI is InChI=1S/C17H28FNO/c1-13(2)19-12-15(9-10-17(3,4)20-5)14-7-6-8-16(18)11-14/h6-8,11,13,15,19H,9-10,12H2,1-5H3. The highest BCUT2D eigenvalue weighted by Gasteiger charge is 2.20. The summed E-state index contributed by atoms with van der Waals surface area (Å²) in [4.78, 5) is 0. The molecule has 0 heterocycles. The SMILES string of the molecule is COC(C)(C)CCC(CNC(C)C)c1cccc(F)c1. The molecule has 0 saturated heterocycles. The van der Waals surface area contributed by atoms with Crippen LogP contribution >= 0.6 is 0 Å². The number of benzene rings is 1. The molecule has 114 valence electrons. The van der Waals surface area contributed by atoms with Crippen LogP contribution in [0.2, 0.25) is 0 Å². The molecular weight excluding hydrogens is 253 g/mol. The average molecular weight is 281 g/mol. The van der Waals surface area contributed by atoms with Crippen LogP contribution in [-0.4, -0.2) is 25.3 Å². The van der Waals surface area contributed by atoms with Crippen molar-refractivity contribution in [2.24, 2.45) is 0 Å².